The lowest BCUT2D eigenvalue weighted by Crippen LogP contribution is -2.03. The van der Waals surface area contributed by atoms with Gasteiger partial charge in [0.1, 0.15) is 0 Å². The van der Waals surface area contributed by atoms with Gasteiger partial charge in [-0.25, -0.2) is 4.79 Å². The van der Waals surface area contributed by atoms with Gasteiger partial charge in [-0.1, -0.05) is 6.07 Å². The van der Waals surface area contributed by atoms with Gasteiger partial charge < -0.3 is 5.11 Å². The van der Waals surface area contributed by atoms with Gasteiger partial charge in [-0.2, -0.15) is 0 Å². The molecular weight excluding hydrogens is 188 g/mol. The second-order valence-electron chi connectivity index (χ2n) is 4.64. The van der Waals surface area contributed by atoms with Gasteiger partial charge in [0.2, 0.25) is 0 Å². The monoisotopic (exact) mass is 202 g/mol. The number of benzene rings is 1. The van der Waals surface area contributed by atoms with Crippen LogP contribution in [0.15, 0.2) is 12.1 Å². The molecule has 1 aromatic rings. The number of aromatic carboxylic acids is 1. The maximum atomic E-state index is 11.2. The van der Waals surface area contributed by atoms with Crippen molar-refractivity contribution in [3.63, 3.8) is 0 Å². The number of carboxylic acids is 1. The largest absolute Gasteiger partial charge is 0.478 e. The highest BCUT2D eigenvalue weighted by atomic mass is 16.4. The molecule has 0 unspecified atom stereocenters. The van der Waals surface area contributed by atoms with Gasteiger partial charge in [-0.05, 0) is 60.8 Å². The molecule has 0 amide bonds. The van der Waals surface area contributed by atoms with Crippen LogP contribution in [0.4, 0.5) is 0 Å². The molecule has 2 aliphatic carbocycles. The fourth-order valence-electron chi connectivity index (χ4n) is 2.56. The summed E-state index contributed by atoms with van der Waals surface area (Å²) < 4.78 is 0. The Labute approximate surface area is 88.9 Å². The van der Waals surface area contributed by atoms with Crippen molar-refractivity contribution in [3.8, 4) is 0 Å². The number of hydrogen-bond donors (Lipinski definition) is 1. The third-order valence-corrected chi connectivity index (χ3v) is 3.51. The summed E-state index contributed by atoms with van der Waals surface area (Å²) in [6, 6.07) is 4.07. The van der Waals surface area contributed by atoms with E-state index >= 15 is 0 Å². The van der Waals surface area contributed by atoms with Gasteiger partial charge in [0.25, 0.3) is 0 Å². The van der Waals surface area contributed by atoms with Crippen LogP contribution in [0.1, 0.15) is 52.2 Å². The van der Waals surface area contributed by atoms with E-state index in [1.807, 2.05) is 6.07 Å². The van der Waals surface area contributed by atoms with Crippen molar-refractivity contribution in [2.75, 3.05) is 0 Å². The average molecular weight is 202 g/mol. The van der Waals surface area contributed by atoms with Gasteiger partial charge in [0, 0.05) is 0 Å². The summed E-state index contributed by atoms with van der Waals surface area (Å²) in [5.74, 6) is -0.228. The van der Waals surface area contributed by atoms with E-state index in [1.165, 1.54) is 30.4 Å². The molecule has 0 heterocycles. The van der Waals surface area contributed by atoms with Gasteiger partial charge in [0.05, 0.1) is 5.56 Å². The second kappa shape index (κ2) is 3.09. The summed E-state index contributed by atoms with van der Waals surface area (Å²) in [5.41, 5.74) is 4.29. The number of rotatable bonds is 2. The van der Waals surface area contributed by atoms with Crippen molar-refractivity contribution in [3.05, 3.63) is 34.4 Å². The minimum Gasteiger partial charge on any atom is -0.478 e. The van der Waals surface area contributed by atoms with E-state index in [0.717, 1.165) is 18.4 Å². The number of aryl methyl sites for hydroxylation is 2. The Morgan fingerprint density at radius 1 is 1.20 bits per heavy atom. The fraction of sp³-hybridized carbons (Fsp3) is 0.462. The lowest BCUT2D eigenvalue weighted by molar-refractivity contribution is 0.0695. The van der Waals surface area contributed by atoms with Crippen LogP contribution >= 0.6 is 0 Å². The molecule has 0 aromatic heterocycles. The van der Waals surface area contributed by atoms with Crippen LogP contribution < -0.4 is 0 Å². The quantitative estimate of drug-likeness (QED) is 0.800. The van der Waals surface area contributed by atoms with Crippen molar-refractivity contribution in [1.82, 2.24) is 0 Å². The molecule has 1 aromatic carbocycles. The topological polar surface area (TPSA) is 37.3 Å². The van der Waals surface area contributed by atoms with E-state index in [-0.39, 0.29) is 0 Å². The maximum absolute atomic E-state index is 11.2. The van der Waals surface area contributed by atoms with Crippen LogP contribution in [-0.2, 0) is 12.8 Å². The average Bonchev–Trinajstić information content (AvgIpc) is 2.95. The first-order chi connectivity index (χ1) is 7.25. The Bertz CT molecular complexity index is 430. The summed E-state index contributed by atoms with van der Waals surface area (Å²) in [7, 11) is 0. The molecule has 3 rings (SSSR count). The van der Waals surface area contributed by atoms with E-state index in [2.05, 4.69) is 6.07 Å². The highest BCUT2D eigenvalue weighted by Gasteiger charge is 2.29. The van der Waals surface area contributed by atoms with Crippen LogP contribution in [0.2, 0.25) is 0 Å². The van der Waals surface area contributed by atoms with Gasteiger partial charge in [0.15, 0.2) is 0 Å². The zero-order chi connectivity index (χ0) is 10.4. The molecule has 0 saturated heterocycles. The zero-order valence-corrected chi connectivity index (χ0v) is 8.62. The highest BCUT2D eigenvalue weighted by Crippen LogP contribution is 2.43. The summed E-state index contributed by atoms with van der Waals surface area (Å²) in [4.78, 5) is 11.2. The van der Waals surface area contributed by atoms with E-state index in [9.17, 15) is 9.90 Å². The predicted octanol–water partition coefficient (Wildman–Crippen LogP) is 2.75. The summed E-state index contributed by atoms with van der Waals surface area (Å²) in [6.07, 6.45) is 5.70. The number of carbonyl (C=O) groups is 1. The molecule has 1 saturated carbocycles. The molecule has 2 heteroatoms. The maximum Gasteiger partial charge on any atom is 0.335 e. The molecule has 15 heavy (non-hydrogen) atoms. The SMILES string of the molecule is O=C(O)c1cc2c(cc1C1CC1)CCC2. The molecule has 0 aliphatic heterocycles. The molecule has 0 radical (unpaired) electrons. The third-order valence-electron chi connectivity index (χ3n) is 3.51. The van der Waals surface area contributed by atoms with Gasteiger partial charge in [-0.15, -0.1) is 0 Å². The van der Waals surface area contributed by atoms with Crippen LogP contribution in [0, 0.1) is 0 Å². The smallest absolute Gasteiger partial charge is 0.335 e. The summed E-state index contributed by atoms with van der Waals surface area (Å²) in [6.45, 7) is 0. The van der Waals surface area contributed by atoms with Crippen molar-refractivity contribution < 1.29 is 9.90 Å². The molecular formula is C13H14O2. The first-order valence-corrected chi connectivity index (χ1v) is 5.64. The minimum absolute atomic E-state index is 0.530. The van der Waals surface area contributed by atoms with Crippen LogP contribution in [-0.4, -0.2) is 11.1 Å². The van der Waals surface area contributed by atoms with Gasteiger partial charge >= 0.3 is 5.97 Å². The summed E-state index contributed by atoms with van der Waals surface area (Å²) >= 11 is 0. The molecule has 2 aliphatic rings. The molecule has 1 N–H and O–H groups in total. The molecule has 0 bridgehead atoms. The minimum atomic E-state index is -0.758. The Kier molecular flexibility index (Phi) is 1.84. The van der Waals surface area contributed by atoms with Crippen molar-refractivity contribution in [2.45, 2.75) is 38.0 Å². The number of fused-ring (bicyclic) bond motifs is 1. The van der Waals surface area contributed by atoms with E-state index in [1.54, 1.807) is 0 Å². The summed E-state index contributed by atoms with van der Waals surface area (Å²) in [5, 5.41) is 9.17. The van der Waals surface area contributed by atoms with Gasteiger partial charge in [-0.3, -0.25) is 0 Å². The number of carboxylic acid groups (broad SMARTS) is 1. The molecule has 1 fully saturated rings. The Hall–Kier alpha value is -1.31. The molecule has 78 valence electrons. The Balaban J connectivity index is 2.14. The first kappa shape index (κ1) is 8.96. The standard InChI is InChI=1S/C13H14O2/c14-13(15)12-7-10-3-1-2-9(10)6-11(12)8-4-5-8/h6-8H,1-5H2,(H,14,15). The Morgan fingerprint density at radius 2 is 1.87 bits per heavy atom. The fourth-order valence-corrected chi connectivity index (χ4v) is 2.56. The third kappa shape index (κ3) is 1.44. The second-order valence-corrected chi connectivity index (χ2v) is 4.64. The van der Waals surface area contributed by atoms with Crippen molar-refractivity contribution in [2.24, 2.45) is 0 Å². The highest BCUT2D eigenvalue weighted by molar-refractivity contribution is 5.90. The zero-order valence-electron chi connectivity index (χ0n) is 8.62. The molecule has 0 spiro atoms. The van der Waals surface area contributed by atoms with Crippen LogP contribution in [0.3, 0.4) is 0 Å². The lowest BCUT2D eigenvalue weighted by Gasteiger charge is -2.08. The predicted molar refractivity (Wildman–Crippen MR) is 57.4 cm³/mol. The normalized spacial score (nSPS) is 18.9. The van der Waals surface area contributed by atoms with Crippen molar-refractivity contribution in [1.29, 1.82) is 0 Å². The van der Waals surface area contributed by atoms with Crippen LogP contribution in [0.25, 0.3) is 0 Å². The molecule has 0 atom stereocenters. The first-order valence-electron chi connectivity index (χ1n) is 5.64. The van der Waals surface area contributed by atoms with E-state index < -0.39 is 5.97 Å². The molecule has 2 nitrogen and oxygen atoms in total. The van der Waals surface area contributed by atoms with Crippen molar-refractivity contribution >= 4 is 5.97 Å². The number of hydrogen-bond acceptors (Lipinski definition) is 1. The lowest BCUT2D eigenvalue weighted by atomic mass is 9.97. The van der Waals surface area contributed by atoms with E-state index in [4.69, 9.17) is 0 Å². The Morgan fingerprint density at radius 3 is 2.47 bits per heavy atom. The van der Waals surface area contributed by atoms with Crippen LogP contribution in [0.5, 0.6) is 0 Å². The van der Waals surface area contributed by atoms with E-state index in [0.29, 0.717) is 11.5 Å².